The number of hydrogen-bond acceptors (Lipinski definition) is 3. The van der Waals surface area contributed by atoms with E-state index < -0.39 is 5.97 Å². The number of carbonyl (C=O) groups excluding carboxylic acids is 1. The lowest BCUT2D eigenvalue weighted by molar-refractivity contribution is -0.870. The summed E-state index contributed by atoms with van der Waals surface area (Å²) in [5.74, 6) is -0.725. The zero-order chi connectivity index (χ0) is 20.4. The fourth-order valence-electron chi connectivity index (χ4n) is 3.00. The molecule has 0 saturated carbocycles. The van der Waals surface area contributed by atoms with Crippen molar-refractivity contribution in [3.8, 4) is 0 Å². The highest BCUT2D eigenvalue weighted by Crippen LogP contribution is 2.13. The third-order valence-corrected chi connectivity index (χ3v) is 4.80. The number of carboxylic acids is 1. The van der Waals surface area contributed by atoms with Crippen molar-refractivity contribution in [2.45, 2.75) is 96.3 Å². The first kappa shape index (κ1) is 29.4. The maximum Gasteiger partial charge on any atom is 0.305 e. The van der Waals surface area contributed by atoms with Crippen molar-refractivity contribution in [2.24, 2.45) is 0 Å². The van der Waals surface area contributed by atoms with E-state index in [1.807, 2.05) is 0 Å². The van der Waals surface area contributed by atoms with E-state index in [1.54, 1.807) is 0 Å². The number of likely N-dealkylation sites (N-methyl/N-ethyl adjacent to an activating group) is 1. The van der Waals surface area contributed by atoms with Gasteiger partial charge in [0.05, 0.1) is 21.1 Å². The number of carbonyl (C=O) groups is 2. The predicted octanol–water partition coefficient (Wildman–Crippen LogP) is 2.18. The van der Waals surface area contributed by atoms with E-state index in [0.717, 1.165) is 36.7 Å². The van der Waals surface area contributed by atoms with Gasteiger partial charge in [-0.2, -0.15) is 0 Å². The summed E-state index contributed by atoms with van der Waals surface area (Å²) in [7, 11) is 6.29. The number of rotatable bonds is 19. The van der Waals surface area contributed by atoms with Gasteiger partial charge in [-0.25, -0.2) is 0 Å². The lowest BCUT2D eigenvalue weighted by Gasteiger charge is -2.23. The Balaban J connectivity index is 0. The summed E-state index contributed by atoms with van der Waals surface area (Å²) in [6.07, 6.45) is 16.2. The summed E-state index contributed by atoms with van der Waals surface area (Å²) in [4.78, 5) is 22.0. The van der Waals surface area contributed by atoms with E-state index in [1.165, 1.54) is 57.8 Å². The SMILES string of the molecule is C[N+](C)(C)CCOC(=O)CCCCCCCCCCCCCCCC(=O)O.[Cl-]. The van der Waals surface area contributed by atoms with Gasteiger partial charge in [0.25, 0.3) is 0 Å². The molecular weight excluding hydrogens is 378 g/mol. The molecule has 168 valence electrons. The van der Waals surface area contributed by atoms with Gasteiger partial charge >= 0.3 is 11.9 Å². The zero-order valence-electron chi connectivity index (χ0n) is 18.5. The summed E-state index contributed by atoms with van der Waals surface area (Å²) in [6.45, 7) is 1.38. The van der Waals surface area contributed by atoms with Gasteiger partial charge in [-0.1, -0.05) is 70.6 Å². The maximum absolute atomic E-state index is 11.6. The standard InChI is InChI=1S/C22H43NO4.ClH/c1-23(2,3)19-20-27-22(26)18-16-14-12-10-8-6-4-5-7-9-11-13-15-17-21(24)25;/h4-20H2,1-3H3;1H. The van der Waals surface area contributed by atoms with Gasteiger partial charge < -0.3 is 26.7 Å². The highest BCUT2D eigenvalue weighted by atomic mass is 35.5. The minimum atomic E-state index is -0.676. The second kappa shape index (κ2) is 19.5. The van der Waals surface area contributed by atoms with Crippen molar-refractivity contribution >= 4 is 11.9 Å². The molecule has 0 aliphatic heterocycles. The summed E-state index contributed by atoms with van der Waals surface area (Å²) >= 11 is 0. The summed E-state index contributed by atoms with van der Waals surface area (Å²) in [5.41, 5.74) is 0. The van der Waals surface area contributed by atoms with Crippen molar-refractivity contribution < 1.29 is 36.3 Å². The van der Waals surface area contributed by atoms with Crippen LogP contribution in [0.25, 0.3) is 0 Å². The number of aliphatic carboxylic acids is 1. The molecule has 0 fully saturated rings. The average Bonchev–Trinajstić information content (AvgIpc) is 2.57. The van der Waals surface area contributed by atoms with Crippen molar-refractivity contribution in [3.05, 3.63) is 0 Å². The molecular formula is C22H44ClNO4. The van der Waals surface area contributed by atoms with E-state index in [2.05, 4.69) is 21.1 Å². The zero-order valence-corrected chi connectivity index (χ0v) is 19.3. The molecule has 0 aromatic heterocycles. The van der Waals surface area contributed by atoms with Crippen molar-refractivity contribution in [1.29, 1.82) is 0 Å². The van der Waals surface area contributed by atoms with Crippen LogP contribution >= 0.6 is 0 Å². The third-order valence-electron chi connectivity index (χ3n) is 4.80. The van der Waals surface area contributed by atoms with Gasteiger partial charge in [-0.3, -0.25) is 9.59 Å². The first-order chi connectivity index (χ1) is 12.8. The van der Waals surface area contributed by atoms with Crippen molar-refractivity contribution in [1.82, 2.24) is 0 Å². The predicted molar refractivity (Wildman–Crippen MR) is 111 cm³/mol. The normalized spacial score (nSPS) is 11.1. The van der Waals surface area contributed by atoms with Gasteiger partial charge in [-0.05, 0) is 12.8 Å². The number of nitrogens with zero attached hydrogens (tertiary/aromatic N) is 1. The van der Waals surface area contributed by atoms with Crippen LogP contribution in [0.3, 0.4) is 0 Å². The molecule has 0 unspecified atom stereocenters. The van der Waals surface area contributed by atoms with Gasteiger partial charge in [0.15, 0.2) is 0 Å². The third kappa shape index (κ3) is 25.2. The Bertz CT molecular complexity index is 383. The molecule has 0 spiro atoms. The van der Waals surface area contributed by atoms with Gasteiger partial charge in [0.1, 0.15) is 13.2 Å². The second-order valence-corrected chi connectivity index (χ2v) is 8.72. The number of halogens is 1. The Morgan fingerprint density at radius 2 is 1.04 bits per heavy atom. The van der Waals surface area contributed by atoms with Crippen molar-refractivity contribution in [3.63, 3.8) is 0 Å². The van der Waals surface area contributed by atoms with Crippen LogP contribution in [0.5, 0.6) is 0 Å². The number of quaternary nitrogens is 1. The van der Waals surface area contributed by atoms with Crippen LogP contribution in [0.1, 0.15) is 96.3 Å². The van der Waals surface area contributed by atoms with E-state index >= 15 is 0 Å². The average molecular weight is 422 g/mol. The molecule has 6 heteroatoms. The number of ether oxygens (including phenoxy) is 1. The molecule has 0 aromatic carbocycles. The van der Waals surface area contributed by atoms with Gasteiger partial charge in [-0.15, -0.1) is 0 Å². The maximum atomic E-state index is 11.6. The van der Waals surface area contributed by atoms with Gasteiger partial charge in [0.2, 0.25) is 0 Å². The number of unbranched alkanes of at least 4 members (excludes halogenated alkanes) is 12. The molecule has 0 bridgehead atoms. The molecule has 0 radical (unpaired) electrons. The van der Waals surface area contributed by atoms with Crippen LogP contribution in [-0.4, -0.2) is 55.8 Å². The van der Waals surface area contributed by atoms with E-state index in [4.69, 9.17) is 9.84 Å². The molecule has 1 N–H and O–H groups in total. The monoisotopic (exact) mass is 421 g/mol. The molecule has 0 aliphatic carbocycles. The lowest BCUT2D eigenvalue weighted by atomic mass is 10.0. The fraction of sp³-hybridized carbons (Fsp3) is 0.909. The Morgan fingerprint density at radius 3 is 1.39 bits per heavy atom. The van der Waals surface area contributed by atoms with Crippen molar-refractivity contribution in [2.75, 3.05) is 34.3 Å². The van der Waals surface area contributed by atoms with Crippen LogP contribution in [0.15, 0.2) is 0 Å². The molecule has 0 amide bonds. The Hall–Kier alpha value is -0.810. The van der Waals surface area contributed by atoms with E-state index in [0.29, 0.717) is 19.4 Å². The molecule has 0 heterocycles. The quantitative estimate of drug-likeness (QED) is 0.197. The van der Waals surface area contributed by atoms with E-state index in [9.17, 15) is 9.59 Å². The second-order valence-electron chi connectivity index (χ2n) is 8.72. The Kier molecular flexibility index (Phi) is 20.5. The molecule has 28 heavy (non-hydrogen) atoms. The van der Waals surface area contributed by atoms with Crippen LogP contribution in [0.4, 0.5) is 0 Å². The van der Waals surface area contributed by atoms with E-state index in [-0.39, 0.29) is 18.4 Å². The Morgan fingerprint density at radius 1 is 0.679 bits per heavy atom. The highest BCUT2D eigenvalue weighted by molar-refractivity contribution is 5.69. The number of esters is 1. The molecule has 0 aromatic rings. The molecule has 0 rings (SSSR count). The first-order valence-electron chi connectivity index (χ1n) is 11.0. The first-order valence-corrected chi connectivity index (χ1v) is 11.0. The lowest BCUT2D eigenvalue weighted by Crippen LogP contribution is -3.00. The van der Waals surface area contributed by atoms with Crippen LogP contribution in [0, 0.1) is 0 Å². The molecule has 0 aliphatic rings. The molecule has 5 nitrogen and oxygen atoms in total. The molecule has 0 atom stereocenters. The topological polar surface area (TPSA) is 63.6 Å². The summed E-state index contributed by atoms with van der Waals surface area (Å²) in [5, 5.41) is 8.56. The van der Waals surface area contributed by atoms with Crippen LogP contribution in [-0.2, 0) is 14.3 Å². The minimum absolute atomic E-state index is 0. The minimum Gasteiger partial charge on any atom is -1.00 e. The number of carboxylic acid groups (broad SMARTS) is 1. The highest BCUT2D eigenvalue weighted by Gasteiger charge is 2.09. The fourth-order valence-corrected chi connectivity index (χ4v) is 3.00. The Labute approximate surface area is 179 Å². The summed E-state index contributed by atoms with van der Waals surface area (Å²) in [6, 6.07) is 0. The summed E-state index contributed by atoms with van der Waals surface area (Å²) < 4.78 is 6.08. The largest absolute Gasteiger partial charge is 1.00 e. The smallest absolute Gasteiger partial charge is 0.305 e. The molecule has 0 saturated heterocycles. The van der Waals surface area contributed by atoms with Crippen LogP contribution in [0.2, 0.25) is 0 Å². The van der Waals surface area contributed by atoms with Crippen LogP contribution < -0.4 is 12.4 Å². The van der Waals surface area contributed by atoms with Gasteiger partial charge in [0, 0.05) is 12.8 Å². The number of hydrogen-bond donors (Lipinski definition) is 1.